The third kappa shape index (κ3) is 2.58. The summed E-state index contributed by atoms with van der Waals surface area (Å²) in [5.41, 5.74) is 6.39. The van der Waals surface area contributed by atoms with Gasteiger partial charge in [0.1, 0.15) is 11.9 Å². The van der Waals surface area contributed by atoms with E-state index >= 15 is 0 Å². The van der Waals surface area contributed by atoms with E-state index in [1.807, 2.05) is 0 Å². The van der Waals surface area contributed by atoms with E-state index in [4.69, 9.17) is 15.2 Å². The maximum atomic E-state index is 11.8. The molecule has 10 heteroatoms. The zero-order valence-corrected chi connectivity index (χ0v) is 13.3. The highest BCUT2D eigenvalue weighted by Gasteiger charge is 2.47. The van der Waals surface area contributed by atoms with E-state index in [0.717, 1.165) is 0 Å². The summed E-state index contributed by atoms with van der Waals surface area (Å²) < 4.78 is 12.5. The largest absolute Gasteiger partial charge is 0.476 e. The van der Waals surface area contributed by atoms with Crippen molar-refractivity contribution in [2.75, 3.05) is 18.9 Å². The van der Waals surface area contributed by atoms with Crippen LogP contribution in [0.5, 0.6) is 5.88 Å². The number of hydrogen-bond donors (Lipinski definition) is 3. The molecule has 10 nitrogen and oxygen atoms in total. The van der Waals surface area contributed by atoms with Crippen LogP contribution in [0, 0.1) is 5.92 Å². The molecule has 24 heavy (non-hydrogen) atoms. The molecule has 4 N–H and O–H groups in total. The van der Waals surface area contributed by atoms with Crippen molar-refractivity contribution in [2.45, 2.75) is 32.3 Å². The minimum absolute atomic E-state index is 0.0120. The summed E-state index contributed by atoms with van der Waals surface area (Å²) in [5.74, 6) is -0.879. The first-order valence-electron chi connectivity index (χ1n) is 7.55. The molecule has 0 aromatic carbocycles. The van der Waals surface area contributed by atoms with Gasteiger partial charge in [0, 0.05) is 0 Å². The predicted octanol–water partition coefficient (Wildman–Crippen LogP) is -0.737. The Labute approximate surface area is 137 Å². The zero-order valence-electron chi connectivity index (χ0n) is 13.3. The number of nitrogens with zero attached hydrogens (tertiary/aromatic N) is 4. The Kier molecular flexibility index (Phi) is 4.35. The fraction of sp³-hybridized carbons (Fsp3) is 0.571. The third-order valence-corrected chi connectivity index (χ3v) is 3.99. The van der Waals surface area contributed by atoms with E-state index in [1.165, 1.54) is 17.8 Å². The van der Waals surface area contributed by atoms with Gasteiger partial charge in [-0.05, 0) is 13.8 Å². The molecule has 3 rings (SSSR count). The van der Waals surface area contributed by atoms with Crippen molar-refractivity contribution in [3.8, 4) is 5.88 Å². The number of carbonyl (C=O) groups is 1. The van der Waals surface area contributed by atoms with Crippen LogP contribution in [0.2, 0.25) is 0 Å². The minimum Gasteiger partial charge on any atom is -0.476 e. The van der Waals surface area contributed by atoms with Gasteiger partial charge in [-0.25, -0.2) is 4.98 Å². The van der Waals surface area contributed by atoms with Gasteiger partial charge >= 0.3 is 0 Å². The predicted molar refractivity (Wildman–Crippen MR) is 82.1 cm³/mol. The van der Waals surface area contributed by atoms with Crippen molar-refractivity contribution >= 4 is 22.9 Å². The van der Waals surface area contributed by atoms with Crippen molar-refractivity contribution in [3.63, 3.8) is 0 Å². The highest BCUT2D eigenvalue weighted by molar-refractivity contribution is 5.80. The fourth-order valence-electron chi connectivity index (χ4n) is 2.96. The number of aliphatic hydroxyl groups is 2. The SMILES string of the molecule is CCOc1nc(N)nc2c1ncn2C1OC(CO)C(C(C)=O)C1O. The highest BCUT2D eigenvalue weighted by atomic mass is 16.5. The van der Waals surface area contributed by atoms with Crippen LogP contribution >= 0.6 is 0 Å². The molecule has 1 aliphatic heterocycles. The Morgan fingerprint density at radius 3 is 2.83 bits per heavy atom. The number of imidazole rings is 1. The maximum Gasteiger partial charge on any atom is 0.247 e. The first kappa shape index (κ1) is 16.6. The van der Waals surface area contributed by atoms with Crippen molar-refractivity contribution in [1.82, 2.24) is 19.5 Å². The monoisotopic (exact) mass is 337 g/mol. The van der Waals surface area contributed by atoms with Gasteiger partial charge in [0.25, 0.3) is 0 Å². The molecule has 0 amide bonds. The molecule has 4 unspecified atom stereocenters. The number of rotatable bonds is 5. The Bertz CT molecular complexity index is 763. The normalized spacial score (nSPS) is 26.8. The van der Waals surface area contributed by atoms with E-state index < -0.39 is 24.4 Å². The first-order chi connectivity index (χ1) is 11.5. The van der Waals surface area contributed by atoms with E-state index in [1.54, 1.807) is 6.92 Å². The lowest BCUT2D eigenvalue weighted by atomic mass is 9.94. The van der Waals surface area contributed by atoms with Gasteiger partial charge in [-0.15, -0.1) is 0 Å². The van der Waals surface area contributed by atoms with Gasteiger partial charge in [-0.1, -0.05) is 0 Å². The number of hydrogen-bond acceptors (Lipinski definition) is 9. The quantitative estimate of drug-likeness (QED) is 0.642. The van der Waals surface area contributed by atoms with Crippen molar-refractivity contribution < 1.29 is 24.5 Å². The molecular formula is C14H19N5O5. The molecule has 130 valence electrons. The number of aromatic nitrogens is 4. The summed E-state index contributed by atoms with van der Waals surface area (Å²) in [6, 6.07) is 0. The van der Waals surface area contributed by atoms with E-state index in [2.05, 4.69) is 15.0 Å². The van der Waals surface area contributed by atoms with Crippen molar-refractivity contribution in [3.05, 3.63) is 6.33 Å². The lowest BCUT2D eigenvalue weighted by Crippen LogP contribution is -2.33. The molecule has 0 saturated carbocycles. The summed E-state index contributed by atoms with van der Waals surface area (Å²) in [4.78, 5) is 24.1. The van der Waals surface area contributed by atoms with Gasteiger partial charge < -0.3 is 25.4 Å². The molecule has 0 radical (unpaired) electrons. The number of nitrogens with two attached hydrogens (primary N) is 1. The summed E-state index contributed by atoms with van der Waals surface area (Å²) in [7, 11) is 0. The number of fused-ring (bicyclic) bond motifs is 1. The fourth-order valence-corrected chi connectivity index (χ4v) is 2.96. The number of carbonyl (C=O) groups excluding carboxylic acids is 1. The Balaban J connectivity index is 2.05. The molecule has 1 fully saturated rings. The molecule has 2 aromatic heterocycles. The zero-order chi connectivity index (χ0) is 17.4. The number of ether oxygens (including phenoxy) is 2. The Hall–Kier alpha value is -2.30. The van der Waals surface area contributed by atoms with E-state index in [0.29, 0.717) is 17.8 Å². The topological polar surface area (TPSA) is 146 Å². The van der Waals surface area contributed by atoms with Gasteiger partial charge in [0.05, 0.1) is 31.6 Å². The first-order valence-corrected chi connectivity index (χ1v) is 7.55. The lowest BCUT2D eigenvalue weighted by Gasteiger charge is -2.17. The van der Waals surface area contributed by atoms with Crippen LogP contribution in [0.15, 0.2) is 6.33 Å². The molecule has 1 aliphatic rings. The Morgan fingerprint density at radius 1 is 1.50 bits per heavy atom. The molecule has 2 aromatic rings. The van der Waals surface area contributed by atoms with Crippen LogP contribution in [-0.2, 0) is 9.53 Å². The molecule has 3 heterocycles. The van der Waals surface area contributed by atoms with Gasteiger partial charge in [-0.3, -0.25) is 9.36 Å². The summed E-state index contributed by atoms with van der Waals surface area (Å²) in [6.07, 6.45) is -1.47. The van der Waals surface area contributed by atoms with Crippen molar-refractivity contribution in [1.29, 1.82) is 0 Å². The summed E-state index contributed by atoms with van der Waals surface area (Å²) in [5, 5.41) is 19.9. The van der Waals surface area contributed by atoms with Crippen LogP contribution in [0.4, 0.5) is 5.95 Å². The molecule has 0 bridgehead atoms. The molecular weight excluding hydrogens is 318 g/mol. The number of ketones is 1. The van der Waals surface area contributed by atoms with E-state index in [-0.39, 0.29) is 24.2 Å². The van der Waals surface area contributed by atoms with Crippen molar-refractivity contribution in [2.24, 2.45) is 5.92 Å². The van der Waals surface area contributed by atoms with Crippen LogP contribution in [0.25, 0.3) is 11.2 Å². The number of aliphatic hydroxyl groups excluding tert-OH is 2. The summed E-state index contributed by atoms with van der Waals surface area (Å²) in [6.45, 7) is 3.14. The van der Waals surface area contributed by atoms with Gasteiger partial charge in [0.2, 0.25) is 11.8 Å². The average molecular weight is 337 g/mol. The second-order valence-corrected chi connectivity index (χ2v) is 5.52. The molecule has 4 atom stereocenters. The number of nitrogen functional groups attached to an aromatic ring is 1. The number of Topliss-reactive ketones (excluding diaryl/α,β-unsaturated/α-hetero) is 1. The third-order valence-electron chi connectivity index (χ3n) is 3.99. The second kappa shape index (κ2) is 6.30. The number of anilines is 1. The maximum absolute atomic E-state index is 11.8. The lowest BCUT2D eigenvalue weighted by molar-refractivity contribution is -0.125. The van der Waals surface area contributed by atoms with Crippen LogP contribution < -0.4 is 10.5 Å². The van der Waals surface area contributed by atoms with Crippen LogP contribution in [0.3, 0.4) is 0 Å². The highest BCUT2D eigenvalue weighted by Crippen LogP contribution is 2.36. The van der Waals surface area contributed by atoms with Gasteiger partial charge in [0.15, 0.2) is 17.4 Å². The standard InChI is InChI=1S/C14H19N5O5/c1-3-23-12-9-11(17-14(15)18-12)19(5-16-9)13-10(22)8(6(2)21)7(4-20)24-13/h5,7-8,10,13,20,22H,3-4H2,1-2H3,(H2,15,17,18). The Morgan fingerprint density at radius 2 is 2.25 bits per heavy atom. The summed E-state index contributed by atoms with van der Waals surface area (Å²) >= 11 is 0. The second-order valence-electron chi connectivity index (χ2n) is 5.52. The van der Waals surface area contributed by atoms with Crippen LogP contribution in [0.1, 0.15) is 20.1 Å². The van der Waals surface area contributed by atoms with E-state index in [9.17, 15) is 15.0 Å². The average Bonchev–Trinajstić information content (AvgIpc) is 3.08. The minimum atomic E-state index is -1.15. The van der Waals surface area contributed by atoms with Gasteiger partial charge in [-0.2, -0.15) is 9.97 Å². The molecule has 0 aliphatic carbocycles. The smallest absolute Gasteiger partial charge is 0.247 e. The molecule has 0 spiro atoms. The molecule has 1 saturated heterocycles. The van der Waals surface area contributed by atoms with Crippen LogP contribution in [-0.4, -0.2) is 60.9 Å².